The zero-order chi connectivity index (χ0) is 10.4. The molecule has 1 heterocycles. The highest BCUT2D eigenvalue weighted by Crippen LogP contribution is 2.08. The average molecular weight is 220 g/mol. The minimum absolute atomic E-state index is 0.218. The summed E-state index contributed by atoms with van der Waals surface area (Å²) in [5, 5.41) is 2.84. The highest BCUT2D eigenvalue weighted by Gasteiger charge is 2.27. The molecule has 1 atom stereocenters. The zero-order valence-corrected chi connectivity index (χ0v) is 9.57. The van der Waals surface area contributed by atoms with E-state index in [1.54, 1.807) is 0 Å². The third-order valence-corrected chi connectivity index (χ3v) is 4.42. The van der Waals surface area contributed by atoms with Crippen LogP contribution >= 0.6 is 0 Å². The van der Waals surface area contributed by atoms with Crippen molar-refractivity contribution in [2.45, 2.75) is 37.9 Å². The number of rotatable bonds is 6. The first kappa shape index (κ1) is 11.9. The lowest BCUT2D eigenvalue weighted by molar-refractivity contribution is 0.563. The lowest BCUT2D eigenvalue weighted by Gasteiger charge is -2.11. The van der Waals surface area contributed by atoms with Gasteiger partial charge in [0, 0.05) is 13.1 Å². The maximum Gasteiger partial charge on any atom is 0.215 e. The largest absolute Gasteiger partial charge is 0.315 e. The van der Waals surface area contributed by atoms with E-state index in [0.717, 1.165) is 32.2 Å². The molecule has 14 heavy (non-hydrogen) atoms. The lowest BCUT2D eigenvalue weighted by atomic mass is 10.3. The summed E-state index contributed by atoms with van der Waals surface area (Å²) in [6.07, 6.45) is 3.89. The summed E-state index contributed by atoms with van der Waals surface area (Å²) >= 11 is 0. The van der Waals surface area contributed by atoms with Crippen molar-refractivity contribution in [1.29, 1.82) is 0 Å². The number of hydrogen-bond donors (Lipinski definition) is 2. The van der Waals surface area contributed by atoms with Crippen molar-refractivity contribution in [2.75, 3.05) is 19.6 Å². The molecule has 0 amide bonds. The Kier molecular flexibility index (Phi) is 4.84. The van der Waals surface area contributed by atoms with E-state index in [4.69, 9.17) is 0 Å². The van der Waals surface area contributed by atoms with E-state index >= 15 is 0 Å². The molecule has 1 rings (SSSR count). The molecule has 2 N–H and O–H groups in total. The molecule has 0 aliphatic carbocycles. The maximum atomic E-state index is 11.6. The van der Waals surface area contributed by atoms with Gasteiger partial charge in [0.05, 0.1) is 5.25 Å². The summed E-state index contributed by atoms with van der Waals surface area (Å²) < 4.78 is 26.0. The van der Waals surface area contributed by atoms with Crippen LogP contribution < -0.4 is 10.0 Å². The van der Waals surface area contributed by atoms with Gasteiger partial charge < -0.3 is 5.32 Å². The zero-order valence-electron chi connectivity index (χ0n) is 8.75. The second-order valence-electron chi connectivity index (χ2n) is 3.76. The van der Waals surface area contributed by atoms with E-state index in [1.165, 1.54) is 0 Å². The van der Waals surface area contributed by atoms with Gasteiger partial charge in [-0.2, -0.15) is 0 Å². The topological polar surface area (TPSA) is 58.2 Å². The monoisotopic (exact) mass is 220 g/mol. The van der Waals surface area contributed by atoms with Crippen molar-refractivity contribution in [3.63, 3.8) is 0 Å². The van der Waals surface area contributed by atoms with E-state index in [1.807, 2.05) is 0 Å². The van der Waals surface area contributed by atoms with Gasteiger partial charge in [-0.3, -0.25) is 0 Å². The molecular weight excluding hydrogens is 200 g/mol. The summed E-state index contributed by atoms with van der Waals surface area (Å²) in [7, 11) is -3.05. The molecule has 0 aromatic rings. The fraction of sp³-hybridized carbons (Fsp3) is 1.00. The first-order valence-electron chi connectivity index (χ1n) is 5.36. The molecule has 0 saturated carbocycles. The van der Waals surface area contributed by atoms with Crippen LogP contribution in [0.15, 0.2) is 0 Å². The van der Waals surface area contributed by atoms with Crippen molar-refractivity contribution < 1.29 is 8.42 Å². The molecule has 4 nitrogen and oxygen atoms in total. The van der Waals surface area contributed by atoms with Crippen molar-refractivity contribution >= 4 is 10.0 Å². The fourth-order valence-electron chi connectivity index (χ4n) is 1.60. The molecule has 1 unspecified atom stereocenters. The van der Waals surface area contributed by atoms with Crippen molar-refractivity contribution in [3.8, 4) is 0 Å². The molecule has 1 fully saturated rings. The summed E-state index contributed by atoms with van der Waals surface area (Å²) in [5.41, 5.74) is 0. The van der Waals surface area contributed by atoms with Crippen LogP contribution in [0.3, 0.4) is 0 Å². The Morgan fingerprint density at radius 2 is 2.21 bits per heavy atom. The van der Waals surface area contributed by atoms with E-state index in [-0.39, 0.29) is 5.25 Å². The first-order chi connectivity index (χ1) is 6.67. The smallest absolute Gasteiger partial charge is 0.215 e. The molecule has 5 heteroatoms. The molecular formula is C9H20N2O2S. The molecule has 1 aliphatic rings. The van der Waals surface area contributed by atoms with Crippen molar-refractivity contribution in [1.82, 2.24) is 10.0 Å². The van der Waals surface area contributed by atoms with Gasteiger partial charge >= 0.3 is 0 Å². The van der Waals surface area contributed by atoms with Gasteiger partial charge in [-0.15, -0.1) is 0 Å². The fourth-order valence-corrected chi connectivity index (χ4v) is 3.03. The van der Waals surface area contributed by atoms with Gasteiger partial charge in [-0.05, 0) is 19.4 Å². The van der Waals surface area contributed by atoms with Crippen molar-refractivity contribution in [2.24, 2.45) is 0 Å². The Bertz CT molecular complexity index is 246. The molecule has 1 aliphatic heterocycles. The molecule has 0 bridgehead atoms. The molecule has 1 saturated heterocycles. The minimum atomic E-state index is -3.05. The second kappa shape index (κ2) is 5.68. The van der Waals surface area contributed by atoms with E-state index in [2.05, 4.69) is 17.0 Å². The normalized spacial score (nSPS) is 22.8. The van der Waals surface area contributed by atoms with Crippen LogP contribution in [0.25, 0.3) is 0 Å². The molecule has 84 valence electrons. The third kappa shape index (κ3) is 3.55. The average Bonchev–Trinajstić information content (AvgIpc) is 2.65. The summed E-state index contributed by atoms with van der Waals surface area (Å²) in [6, 6.07) is 0. The number of sulfonamides is 1. The highest BCUT2D eigenvalue weighted by molar-refractivity contribution is 7.90. The summed E-state index contributed by atoms with van der Waals surface area (Å²) in [5.74, 6) is 0. The predicted molar refractivity (Wildman–Crippen MR) is 57.7 cm³/mol. The van der Waals surface area contributed by atoms with E-state index < -0.39 is 10.0 Å². The van der Waals surface area contributed by atoms with Crippen LogP contribution in [0.1, 0.15) is 32.6 Å². The Morgan fingerprint density at radius 3 is 2.79 bits per heavy atom. The van der Waals surface area contributed by atoms with Gasteiger partial charge in [0.25, 0.3) is 0 Å². The molecule has 0 aromatic carbocycles. The van der Waals surface area contributed by atoms with Gasteiger partial charge in [0.2, 0.25) is 10.0 Å². The Balaban J connectivity index is 2.26. The Hall–Kier alpha value is -0.130. The van der Waals surface area contributed by atoms with Crippen LogP contribution in [-0.2, 0) is 10.0 Å². The first-order valence-corrected chi connectivity index (χ1v) is 6.90. The highest BCUT2D eigenvalue weighted by atomic mass is 32.2. The third-order valence-electron chi connectivity index (χ3n) is 2.54. The van der Waals surface area contributed by atoms with Crippen LogP contribution in [-0.4, -0.2) is 33.3 Å². The van der Waals surface area contributed by atoms with E-state index in [9.17, 15) is 8.42 Å². The number of hydrogen-bond acceptors (Lipinski definition) is 3. The van der Waals surface area contributed by atoms with Gasteiger partial charge in [-0.1, -0.05) is 19.8 Å². The molecule has 0 spiro atoms. The van der Waals surface area contributed by atoms with E-state index in [0.29, 0.717) is 13.1 Å². The Labute approximate surface area is 86.5 Å². The predicted octanol–water partition coefficient (Wildman–Crippen LogP) is 0.458. The van der Waals surface area contributed by atoms with Gasteiger partial charge in [0.15, 0.2) is 0 Å². The van der Waals surface area contributed by atoms with Crippen molar-refractivity contribution in [3.05, 3.63) is 0 Å². The summed E-state index contributed by atoms with van der Waals surface area (Å²) in [4.78, 5) is 0. The number of nitrogens with one attached hydrogen (secondary N) is 2. The summed E-state index contributed by atoms with van der Waals surface area (Å²) in [6.45, 7) is 4.12. The SMILES string of the molecule is CCCCCNS(=O)(=O)C1CCNC1. The molecule has 0 aromatic heterocycles. The Morgan fingerprint density at radius 1 is 1.43 bits per heavy atom. The second-order valence-corrected chi connectivity index (χ2v) is 5.81. The lowest BCUT2D eigenvalue weighted by Crippen LogP contribution is -2.36. The minimum Gasteiger partial charge on any atom is -0.315 e. The van der Waals surface area contributed by atoms with Crippen LogP contribution in [0, 0.1) is 0 Å². The quantitative estimate of drug-likeness (QED) is 0.639. The number of unbranched alkanes of at least 4 members (excludes halogenated alkanes) is 2. The van der Waals surface area contributed by atoms with Gasteiger partial charge in [0.1, 0.15) is 0 Å². The van der Waals surface area contributed by atoms with Crippen LogP contribution in [0.2, 0.25) is 0 Å². The van der Waals surface area contributed by atoms with Crippen LogP contribution in [0.4, 0.5) is 0 Å². The van der Waals surface area contributed by atoms with Crippen LogP contribution in [0.5, 0.6) is 0 Å². The molecule has 0 radical (unpaired) electrons. The maximum absolute atomic E-state index is 11.6. The standard InChI is InChI=1S/C9H20N2O2S/c1-2-3-4-6-11-14(12,13)9-5-7-10-8-9/h9-11H,2-8H2,1H3. The van der Waals surface area contributed by atoms with Gasteiger partial charge in [-0.25, -0.2) is 13.1 Å².